The zero-order chi connectivity index (χ0) is 30.5. The van der Waals surface area contributed by atoms with E-state index in [0.29, 0.717) is 61.4 Å². The first-order valence-corrected chi connectivity index (χ1v) is 15.5. The summed E-state index contributed by atoms with van der Waals surface area (Å²) in [5.41, 5.74) is 2.79. The van der Waals surface area contributed by atoms with Crippen LogP contribution in [0.1, 0.15) is 47.9 Å². The van der Waals surface area contributed by atoms with Crippen molar-refractivity contribution < 1.29 is 23.8 Å². The number of piperidine rings is 1. The van der Waals surface area contributed by atoms with Crippen LogP contribution in [0.3, 0.4) is 0 Å². The van der Waals surface area contributed by atoms with Gasteiger partial charge in [-0.15, -0.1) is 0 Å². The summed E-state index contributed by atoms with van der Waals surface area (Å²) in [5, 5.41) is 3.97. The molecule has 13 heteroatoms. The van der Waals surface area contributed by atoms with Crippen LogP contribution in [0, 0.1) is 12.8 Å². The monoisotopic (exact) mass is 611 g/mol. The summed E-state index contributed by atoms with van der Waals surface area (Å²) in [5.74, 6) is 2.62. The van der Waals surface area contributed by atoms with Crippen molar-refractivity contribution in [3.05, 3.63) is 29.1 Å². The van der Waals surface area contributed by atoms with Gasteiger partial charge in [0.25, 0.3) is 5.91 Å². The van der Waals surface area contributed by atoms with Crippen LogP contribution in [0.15, 0.2) is 12.1 Å². The molecule has 1 atom stereocenters. The van der Waals surface area contributed by atoms with Crippen LogP contribution in [0.5, 0.6) is 17.2 Å². The van der Waals surface area contributed by atoms with Crippen molar-refractivity contribution >= 4 is 40.3 Å². The standard InChI is InChI=1S/C30H41N7O5S/c1-6-35-12-13-36(30(39)26-19(2)33-43-34-26)11-9-25(38)31-16-20-8-7-10-37(17-20)29-21(18-35)14-22-23(32-29)15-24(40-3)28(42-5)27(22)41-4/h14-15,20H,6-13,16-18H2,1-5H3,(H,31,38). The Balaban J connectivity index is 1.56. The topological polar surface area (TPSA) is 122 Å². The highest BCUT2D eigenvalue weighted by Crippen LogP contribution is 2.44. The molecule has 12 nitrogen and oxygen atoms in total. The Morgan fingerprint density at radius 1 is 1.07 bits per heavy atom. The number of nitrogens with zero attached hydrogens (tertiary/aromatic N) is 6. The highest BCUT2D eigenvalue weighted by atomic mass is 32.1. The number of likely N-dealkylation sites (N-methyl/N-ethyl adjacent to an activating group) is 1. The Labute approximate surface area is 256 Å². The van der Waals surface area contributed by atoms with Gasteiger partial charge < -0.3 is 29.3 Å². The van der Waals surface area contributed by atoms with E-state index in [2.05, 4.69) is 36.9 Å². The molecule has 1 N–H and O–H groups in total. The van der Waals surface area contributed by atoms with Gasteiger partial charge in [-0.25, -0.2) is 4.98 Å². The molecular weight excluding hydrogens is 570 g/mol. The molecule has 5 rings (SSSR count). The molecule has 0 aliphatic carbocycles. The lowest BCUT2D eigenvalue weighted by Gasteiger charge is -2.35. The van der Waals surface area contributed by atoms with Crippen molar-refractivity contribution in [1.82, 2.24) is 28.8 Å². The predicted octanol–water partition coefficient (Wildman–Crippen LogP) is 3.12. The number of benzene rings is 1. The molecule has 4 heterocycles. The molecule has 0 radical (unpaired) electrons. The Hall–Kier alpha value is -3.71. The lowest BCUT2D eigenvalue weighted by Crippen LogP contribution is -2.42. The highest BCUT2D eigenvalue weighted by molar-refractivity contribution is 6.99. The lowest BCUT2D eigenvalue weighted by atomic mass is 9.97. The Kier molecular flexibility index (Phi) is 9.81. The molecule has 2 bridgehead atoms. The number of anilines is 1. The maximum Gasteiger partial charge on any atom is 0.275 e. The molecule has 1 saturated heterocycles. The molecular formula is C30H41N7O5S. The molecule has 3 aromatic rings. The van der Waals surface area contributed by atoms with Gasteiger partial charge in [0.2, 0.25) is 11.7 Å². The number of ether oxygens (including phenoxy) is 3. The van der Waals surface area contributed by atoms with Crippen molar-refractivity contribution in [3.63, 3.8) is 0 Å². The van der Waals surface area contributed by atoms with Crippen molar-refractivity contribution in [2.75, 3.05) is 72.0 Å². The molecule has 2 aliphatic rings. The summed E-state index contributed by atoms with van der Waals surface area (Å²) in [6.45, 7) is 8.94. The van der Waals surface area contributed by atoms with E-state index < -0.39 is 0 Å². The fraction of sp³-hybridized carbons (Fsp3) is 0.567. The minimum atomic E-state index is -0.194. The number of methoxy groups -OCH3 is 3. The molecule has 232 valence electrons. The van der Waals surface area contributed by atoms with E-state index in [9.17, 15) is 9.59 Å². The Morgan fingerprint density at radius 2 is 1.88 bits per heavy atom. The molecule has 43 heavy (non-hydrogen) atoms. The van der Waals surface area contributed by atoms with Gasteiger partial charge in [0.05, 0.1) is 44.3 Å². The smallest absolute Gasteiger partial charge is 0.275 e. The van der Waals surface area contributed by atoms with Gasteiger partial charge in [-0.1, -0.05) is 6.92 Å². The summed E-state index contributed by atoms with van der Waals surface area (Å²) in [4.78, 5) is 38.0. The normalized spacial score (nSPS) is 18.8. The van der Waals surface area contributed by atoms with Crippen LogP contribution in [0.25, 0.3) is 10.9 Å². The first-order valence-electron chi connectivity index (χ1n) is 14.8. The van der Waals surface area contributed by atoms with Crippen molar-refractivity contribution in [1.29, 1.82) is 0 Å². The Bertz CT molecular complexity index is 1460. The number of aromatic nitrogens is 3. The molecule has 0 saturated carbocycles. The van der Waals surface area contributed by atoms with Crippen molar-refractivity contribution in [3.8, 4) is 17.2 Å². The number of hydrogen-bond donors (Lipinski definition) is 1. The minimum Gasteiger partial charge on any atom is -0.493 e. The summed E-state index contributed by atoms with van der Waals surface area (Å²) in [6, 6.07) is 4.04. The average molecular weight is 612 g/mol. The van der Waals surface area contributed by atoms with Crippen LogP contribution in [0.2, 0.25) is 0 Å². The lowest BCUT2D eigenvalue weighted by molar-refractivity contribution is -0.121. The van der Waals surface area contributed by atoms with Gasteiger partial charge in [-0.2, -0.15) is 8.75 Å². The van der Waals surface area contributed by atoms with Crippen molar-refractivity contribution in [2.45, 2.75) is 39.7 Å². The molecule has 1 fully saturated rings. The number of aryl methyl sites for hydroxylation is 1. The number of hydrogen-bond acceptors (Lipinski definition) is 11. The van der Waals surface area contributed by atoms with Gasteiger partial charge in [0.1, 0.15) is 5.82 Å². The number of fused-ring (bicyclic) bond motifs is 5. The molecule has 1 unspecified atom stereocenters. The number of rotatable bonds is 5. The van der Waals surface area contributed by atoms with E-state index in [0.717, 1.165) is 66.5 Å². The van der Waals surface area contributed by atoms with Gasteiger partial charge >= 0.3 is 0 Å². The third-order valence-corrected chi connectivity index (χ3v) is 8.98. The summed E-state index contributed by atoms with van der Waals surface area (Å²) >= 11 is 1.03. The number of pyridine rings is 1. The average Bonchev–Trinajstić information content (AvgIpc) is 3.46. The zero-order valence-electron chi connectivity index (χ0n) is 25.6. The fourth-order valence-corrected chi connectivity index (χ4v) is 6.50. The van der Waals surface area contributed by atoms with Crippen LogP contribution >= 0.6 is 11.7 Å². The largest absolute Gasteiger partial charge is 0.493 e. The Morgan fingerprint density at radius 3 is 2.58 bits per heavy atom. The van der Waals surface area contributed by atoms with E-state index >= 15 is 0 Å². The quantitative estimate of drug-likeness (QED) is 0.461. The molecule has 2 aliphatic heterocycles. The van der Waals surface area contributed by atoms with E-state index in [1.54, 1.807) is 33.2 Å². The SMILES string of the molecule is CCN1CCN(C(=O)c2nsnc2C)CCC(=O)NCC2CCCN(C2)c2nc3cc(OC)c(OC)c(OC)c3cc2C1. The van der Waals surface area contributed by atoms with E-state index in [1.165, 1.54) is 0 Å². The summed E-state index contributed by atoms with van der Waals surface area (Å²) in [7, 11) is 4.83. The first kappa shape index (κ1) is 30.7. The number of carbonyl (C=O) groups excluding carboxylic acids is 2. The van der Waals surface area contributed by atoms with E-state index in [-0.39, 0.29) is 24.2 Å². The fourth-order valence-electron chi connectivity index (χ4n) is 5.96. The van der Waals surface area contributed by atoms with Gasteiger partial charge in [0, 0.05) is 69.3 Å². The van der Waals surface area contributed by atoms with Gasteiger partial charge in [-0.05, 0) is 38.3 Å². The molecule has 2 aromatic heterocycles. The maximum absolute atomic E-state index is 13.5. The molecule has 1 aromatic carbocycles. The summed E-state index contributed by atoms with van der Waals surface area (Å²) in [6.07, 6.45) is 2.28. The number of amides is 2. The predicted molar refractivity (Wildman–Crippen MR) is 165 cm³/mol. The van der Waals surface area contributed by atoms with Crippen molar-refractivity contribution in [2.24, 2.45) is 5.92 Å². The second-order valence-electron chi connectivity index (χ2n) is 11.1. The third kappa shape index (κ3) is 6.62. The zero-order valence-corrected chi connectivity index (χ0v) is 26.5. The number of carbonyl (C=O) groups is 2. The maximum atomic E-state index is 13.5. The van der Waals surface area contributed by atoms with Crippen LogP contribution < -0.4 is 24.4 Å². The van der Waals surface area contributed by atoms with Crippen LogP contribution in [-0.4, -0.2) is 102 Å². The molecule has 2 amide bonds. The van der Waals surface area contributed by atoms with E-state index in [4.69, 9.17) is 19.2 Å². The highest BCUT2D eigenvalue weighted by Gasteiger charge is 2.28. The van der Waals surface area contributed by atoms with Crippen LogP contribution in [-0.2, 0) is 11.3 Å². The second kappa shape index (κ2) is 13.7. The van der Waals surface area contributed by atoms with Crippen LogP contribution in [0.4, 0.5) is 5.82 Å². The second-order valence-corrected chi connectivity index (χ2v) is 11.6. The van der Waals surface area contributed by atoms with E-state index in [1.807, 2.05) is 6.07 Å². The third-order valence-electron chi connectivity index (χ3n) is 8.36. The van der Waals surface area contributed by atoms with Gasteiger partial charge in [-0.3, -0.25) is 14.5 Å². The minimum absolute atomic E-state index is 0.0528. The molecule has 0 spiro atoms. The first-order chi connectivity index (χ1) is 20.9. The van der Waals surface area contributed by atoms with Gasteiger partial charge in [0.15, 0.2) is 17.2 Å². The number of nitrogens with one attached hydrogen (secondary N) is 1. The summed E-state index contributed by atoms with van der Waals surface area (Å²) < 4.78 is 25.5.